The van der Waals surface area contributed by atoms with E-state index < -0.39 is 0 Å². The second-order valence-electron chi connectivity index (χ2n) is 4.75. The van der Waals surface area contributed by atoms with E-state index in [9.17, 15) is 4.79 Å². The van der Waals surface area contributed by atoms with E-state index in [2.05, 4.69) is 0 Å². The van der Waals surface area contributed by atoms with Crippen molar-refractivity contribution in [3.8, 4) is 11.5 Å². The molecule has 0 amide bonds. The molecular weight excluding hydrogens is 290 g/mol. The van der Waals surface area contributed by atoms with Crippen LogP contribution in [0, 0.1) is 0 Å². The number of halogens is 1. The van der Waals surface area contributed by atoms with Gasteiger partial charge in [0.2, 0.25) is 0 Å². The number of ketones is 1. The maximum Gasteiger partial charge on any atom is 0.194 e. The minimum atomic E-state index is -0.192. The van der Waals surface area contributed by atoms with Crippen LogP contribution >= 0.6 is 11.6 Å². The molecule has 2 aromatic rings. The number of ether oxygens (including phenoxy) is 2. The van der Waals surface area contributed by atoms with Crippen molar-refractivity contribution in [1.29, 1.82) is 0 Å². The number of nitrogens with two attached hydrogens (primary N) is 1. The normalized spacial score (nSPS) is 13.6. The van der Waals surface area contributed by atoms with Gasteiger partial charge in [0.05, 0.1) is 23.9 Å². The van der Waals surface area contributed by atoms with Gasteiger partial charge in [0.15, 0.2) is 17.3 Å². The molecule has 1 heterocycles. The molecule has 3 rings (SSSR count). The van der Waals surface area contributed by atoms with Crippen molar-refractivity contribution in [1.82, 2.24) is 0 Å². The van der Waals surface area contributed by atoms with Gasteiger partial charge in [-0.15, -0.1) is 0 Å². The van der Waals surface area contributed by atoms with E-state index in [0.717, 1.165) is 6.42 Å². The van der Waals surface area contributed by atoms with E-state index in [1.807, 2.05) is 0 Å². The third kappa shape index (κ3) is 2.67. The van der Waals surface area contributed by atoms with E-state index in [0.29, 0.717) is 41.5 Å². The number of hydrogen-bond acceptors (Lipinski definition) is 4. The summed E-state index contributed by atoms with van der Waals surface area (Å²) >= 11 is 6.11. The first-order valence-corrected chi connectivity index (χ1v) is 7.03. The Morgan fingerprint density at radius 1 is 1.10 bits per heavy atom. The number of hydrogen-bond donors (Lipinski definition) is 1. The van der Waals surface area contributed by atoms with E-state index in [-0.39, 0.29) is 10.8 Å². The number of fused-ring (bicyclic) bond motifs is 1. The lowest BCUT2D eigenvalue weighted by Gasteiger charge is -2.10. The minimum absolute atomic E-state index is 0.192. The zero-order valence-electron chi connectivity index (χ0n) is 11.3. The predicted octanol–water partition coefficient (Wildman–Crippen LogP) is 3.31. The lowest BCUT2D eigenvalue weighted by Crippen LogP contribution is -2.04. The van der Waals surface area contributed by atoms with Crippen LogP contribution < -0.4 is 15.2 Å². The summed E-state index contributed by atoms with van der Waals surface area (Å²) in [5.74, 6) is 1.05. The summed E-state index contributed by atoms with van der Waals surface area (Å²) in [5.41, 5.74) is 7.00. The van der Waals surface area contributed by atoms with Crippen LogP contribution in [0.3, 0.4) is 0 Å². The fraction of sp³-hybridized carbons (Fsp3) is 0.188. The number of rotatable bonds is 2. The van der Waals surface area contributed by atoms with Crippen molar-refractivity contribution in [3.05, 3.63) is 52.5 Å². The smallest absolute Gasteiger partial charge is 0.194 e. The molecule has 0 saturated heterocycles. The first-order chi connectivity index (χ1) is 10.2. The van der Waals surface area contributed by atoms with Gasteiger partial charge in [-0.1, -0.05) is 17.7 Å². The second-order valence-corrected chi connectivity index (χ2v) is 5.13. The number of carbonyl (C=O) groups excluding carboxylic acids is 1. The minimum Gasteiger partial charge on any atom is -0.490 e. The molecule has 108 valence electrons. The molecule has 0 fully saturated rings. The molecule has 2 N–H and O–H groups in total. The quantitative estimate of drug-likeness (QED) is 0.683. The first kappa shape index (κ1) is 13.8. The first-order valence-electron chi connectivity index (χ1n) is 6.65. The van der Waals surface area contributed by atoms with E-state index >= 15 is 0 Å². The van der Waals surface area contributed by atoms with Gasteiger partial charge in [0.1, 0.15) is 0 Å². The monoisotopic (exact) mass is 303 g/mol. The molecule has 0 unspecified atom stereocenters. The average Bonchev–Trinajstić information content (AvgIpc) is 2.74. The highest BCUT2D eigenvalue weighted by Crippen LogP contribution is 2.32. The van der Waals surface area contributed by atoms with Crippen LogP contribution in [0.25, 0.3) is 0 Å². The molecule has 21 heavy (non-hydrogen) atoms. The van der Waals surface area contributed by atoms with Gasteiger partial charge in [0, 0.05) is 17.5 Å². The van der Waals surface area contributed by atoms with Crippen LogP contribution in [0.15, 0.2) is 36.4 Å². The van der Waals surface area contributed by atoms with Crippen molar-refractivity contribution in [2.24, 2.45) is 0 Å². The third-order valence-electron chi connectivity index (χ3n) is 3.28. The van der Waals surface area contributed by atoms with Crippen LogP contribution in [-0.4, -0.2) is 19.0 Å². The van der Waals surface area contributed by atoms with E-state index in [4.69, 9.17) is 26.8 Å². The molecule has 0 atom stereocenters. The standard InChI is InChI=1S/C16H14ClNO3/c17-15-11(3-1-4-12(15)18)16(19)10-5-6-13-14(9-10)21-8-2-7-20-13/h1,3-6,9H,2,7-8,18H2. The van der Waals surface area contributed by atoms with Crippen LogP contribution in [0.4, 0.5) is 5.69 Å². The summed E-state index contributed by atoms with van der Waals surface area (Å²) in [7, 11) is 0. The summed E-state index contributed by atoms with van der Waals surface area (Å²) in [6, 6.07) is 10.2. The molecule has 0 saturated carbocycles. The van der Waals surface area contributed by atoms with Crippen molar-refractivity contribution in [2.75, 3.05) is 18.9 Å². The van der Waals surface area contributed by atoms with Crippen molar-refractivity contribution in [3.63, 3.8) is 0 Å². The van der Waals surface area contributed by atoms with Crippen molar-refractivity contribution in [2.45, 2.75) is 6.42 Å². The summed E-state index contributed by atoms with van der Waals surface area (Å²) in [6.45, 7) is 1.19. The summed E-state index contributed by atoms with van der Waals surface area (Å²) in [4.78, 5) is 12.6. The van der Waals surface area contributed by atoms with Gasteiger partial charge in [-0.05, 0) is 30.3 Å². The molecular formula is C16H14ClNO3. The largest absolute Gasteiger partial charge is 0.490 e. The highest BCUT2D eigenvalue weighted by atomic mass is 35.5. The Bertz CT molecular complexity index is 700. The molecule has 0 aliphatic carbocycles. The molecule has 0 radical (unpaired) electrons. The number of benzene rings is 2. The zero-order valence-corrected chi connectivity index (χ0v) is 12.0. The van der Waals surface area contributed by atoms with Crippen LogP contribution in [-0.2, 0) is 0 Å². The Labute approximate surface area is 127 Å². The van der Waals surface area contributed by atoms with Crippen LogP contribution in [0.2, 0.25) is 5.02 Å². The van der Waals surface area contributed by atoms with Crippen LogP contribution in [0.1, 0.15) is 22.3 Å². The number of nitrogen functional groups attached to an aromatic ring is 1. The maximum absolute atomic E-state index is 12.6. The lowest BCUT2D eigenvalue weighted by atomic mass is 10.0. The Morgan fingerprint density at radius 2 is 1.86 bits per heavy atom. The highest BCUT2D eigenvalue weighted by molar-refractivity contribution is 6.37. The molecule has 1 aliphatic rings. The van der Waals surface area contributed by atoms with Gasteiger partial charge >= 0.3 is 0 Å². The van der Waals surface area contributed by atoms with E-state index in [1.165, 1.54) is 0 Å². The van der Waals surface area contributed by atoms with Gasteiger partial charge in [-0.2, -0.15) is 0 Å². The Kier molecular flexibility index (Phi) is 3.71. The van der Waals surface area contributed by atoms with Crippen LogP contribution in [0.5, 0.6) is 11.5 Å². The molecule has 5 heteroatoms. The molecule has 4 nitrogen and oxygen atoms in total. The van der Waals surface area contributed by atoms with Crippen molar-refractivity contribution < 1.29 is 14.3 Å². The summed E-state index contributed by atoms with van der Waals surface area (Å²) in [6.07, 6.45) is 0.818. The fourth-order valence-electron chi connectivity index (χ4n) is 2.19. The maximum atomic E-state index is 12.6. The fourth-order valence-corrected chi connectivity index (χ4v) is 2.40. The summed E-state index contributed by atoms with van der Waals surface area (Å²) < 4.78 is 11.1. The summed E-state index contributed by atoms with van der Waals surface area (Å²) in [5, 5.41) is 0.273. The Morgan fingerprint density at radius 3 is 2.67 bits per heavy atom. The Hall–Kier alpha value is -2.20. The van der Waals surface area contributed by atoms with E-state index in [1.54, 1.807) is 36.4 Å². The second kappa shape index (κ2) is 5.66. The van der Waals surface area contributed by atoms with Gasteiger partial charge < -0.3 is 15.2 Å². The third-order valence-corrected chi connectivity index (χ3v) is 3.70. The highest BCUT2D eigenvalue weighted by Gasteiger charge is 2.18. The average molecular weight is 304 g/mol. The van der Waals surface area contributed by atoms with Crippen molar-refractivity contribution >= 4 is 23.1 Å². The van der Waals surface area contributed by atoms with Gasteiger partial charge in [0.25, 0.3) is 0 Å². The molecule has 1 aliphatic heterocycles. The zero-order chi connectivity index (χ0) is 14.8. The number of carbonyl (C=O) groups is 1. The van der Waals surface area contributed by atoms with Gasteiger partial charge in [-0.3, -0.25) is 4.79 Å². The predicted molar refractivity (Wildman–Crippen MR) is 81.3 cm³/mol. The molecule has 2 aromatic carbocycles. The van der Waals surface area contributed by atoms with Gasteiger partial charge in [-0.25, -0.2) is 0 Å². The molecule has 0 spiro atoms. The molecule has 0 aromatic heterocycles. The Balaban J connectivity index is 1.98. The topological polar surface area (TPSA) is 61.6 Å². The number of anilines is 1. The SMILES string of the molecule is Nc1cccc(C(=O)c2ccc3c(c2)OCCCO3)c1Cl. The molecule has 0 bridgehead atoms. The lowest BCUT2D eigenvalue weighted by molar-refractivity contribution is 0.103.